The lowest BCUT2D eigenvalue weighted by molar-refractivity contribution is -0.167. The fourth-order valence-corrected chi connectivity index (χ4v) is 8.33. The molecule has 0 spiro atoms. The molecular weight excluding hydrogens is 889 g/mol. The van der Waals surface area contributed by atoms with Crippen molar-refractivity contribution in [3.8, 4) is 0 Å². The van der Waals surface area contributed by atoms with Crippen LogP contribution in [0.1, 0.15) is 284 Å². The van der Waals surface area contributed by atoms with Gasteiger partial charge in [-0.2, -0.15) is 0 Å². The molecule has 0 saturated carbocycles. The Balaban J connectivity index is 4.49. The molecule has 0 saturated heterocycles. The normalized spacial score (nSPS) is 12.8. The lowest BCUT2D eigenvalue weighted by atomic mass is 10.0. The van der Waals surface area contributed by atoms with Gasteiger partial charge in [0.05, 0.1) is 0 Å². The molecule has 0 rings (SSSR count). The van der Waals surface area contributed by atoms with Crippen LogP contribution in [0.4, 0.5) is 0 Å². The molecule has 0 aliphatic rings. The molecule has 0 heterocycles. The number of allylic oxidation sites excluding steroid dienone is 16. The molecule has 0 aromatic heterocycles. The van der Waals surface area contributed by atoms with Gasteiger partial charge in [-0.1, -0.05) is 279 Å². The van der Waals surface area contributed by atoms with Crippen LogP contribution in [0.3, 0.4) is 0 Å². The summed E-state index contributed by atoms with van der Waals surface area (Å²) < 4.78 is 16.8. The average molecular weight is 1000 g/mol. The van der Waals surface area contributed by atoms with Crippen molar-refractivity contribution < 1.29 is 28.6 Å². The molecule has 0 aromatic rings. The van der Waals surface area contributed by atoms with Crippen LogP contribution in [0.5, 0.6) is 0 Å². The Morgan fingerprint density at radius 1 is 0.292 bits per heavy atom. The van der Waals surface area contributed by atoms with Crippen molar-refractivity contribution in [1.29, 1.82) is 0 Å². The standard InChI is InChI=1S/C66H112O6/c1-4-7-10-13-16-19-22-25-28-31-33-36-38-41-44-47-50-53-56-59-65(68)71-62-63(61-70-64(67)58-55-52-49-46-43-40-37-34-30-27-24-21-18-15-12-9-6-3)72-66(69)60-57-54-51-48-45-42-39-35-32-29-26-23-20-17-14-11-8-5-2/h17-18,20-21,23,26-27,29-30,32,35,37,39-40,46,49,63H,4-16,19,22,24-25,28,31,33-34,36,38,41-45,47-48,50-62H2,1-3H3/b20-17-,21-18-,26-23-,30-27-,32-29-,39-35-,40-37-,49-46-. The van der Waals surface area contributed by atoms with E-state index in [4.69, 9.17) is 14.2 Å². The molecule has 0 amide bonds. The van der Waals surface area contributed by atoms with Crippen LogP contribution in [0, 0.1) is 0 Å². The lowest BCUT2D eigenvalue weighted by Crippen LogP contribution is -2.30. The van der Waals surface area contributed by atoms with Crippen molar-refractivity contribution in [2.24, 2.45) is 0 Å². The van der Waals surface area contributed by atoms with E-state index in [9.17, 15) is 14.4 Å². The largest absolute Gasteiger partial charge is 0.462 e. The van der Waals surface area contributed by atoms with Crippen LogP contribution in [0.2, 0.25) is 0 Å². The molecule has 72 heavy (non-hydrogen) atoms. The molecule has 1 unspecified atom stereocenters. The Labute approximate surface area is 445 Å². The van der Waals surface area contributed by atoms with Gasteiger partial charge in [0, 0.05) is 19.3 Å². The zero-order valence-electron chi connectivity index (χ0n) is 47.2. The van der Waals surface area contributed by atoms with Gasteiger partial charge in [-0.25, -0.2) is 0 Å². The zero-order valence-corrected chi connectivity index (χ0v) is 47.2. The van der Waals surface area contributed by atoms with Crippen LogP contribution < -0.4 is 0 Å². The molecule has 0 aliphatic heterocycles. The Kier molecular flexibility index (Phi) is 56.8. The van der Waals surface area contributed by atoms with Crippen molar-refractivity contribution in [3.05, 3.63) is 97.2 Å². The number of esters is 3. The maximum atomic E-state index is 12.9. The Morgan fingerprint density at radius 3 is 0.986 bits per heavy atom. The van der Waals surface area contributed by atoms with Crippen molar-refractivity contribution in [3.63, 3.8) is 0 Å². The number of ether oxygens (including phenoxy) is 3. The summed E-state index contributed by atoms with van der Waals surface area (Å²) in [5.74, 6) is -0.977. The zero-order chi connectivity index (χ0) is 52.2. The number of carbonyl (C=O) groups excluding carboxylic acids is 3. The highest BCUT2D eigenvalue weighted by atomic mass is 16.6. The van der Waals surface area contributed by atoms with Gasteiger partial charge in [-0.15, -0.1) is 0 Å². The number of hydrogen-bond donors (Lipinski definition) is 0. The summed E-state index contributed by atoms with van der Waals surface area (Å²) in [7, 11) is 0. The number of hydrogen-bond acceptors (Lipinski definition) is 6. The maximum Gasteiger partial charge on any atom is 0.306 e. The average Bonchev–Trinajstić information content (AvgIpc) is 3.38. The highest BCUT2D eigenvalue weighted by Gasteiger charge is 2.19. The van der Waals surface area contributed by atoms with E-state index in [1.165, 1.54) is 148 Å². The topological polar surface area (TPSA) is 78.9 Å². The molecule has 6 heteroatoms. The highest BCUT2D eigenvalue weighted by molar-refractivity contribution is 5.71. The van der Waals surface area contributed by atoms with Crippen molar-refractivity contribution in [1.82, 2.24) is 0 Å². The SMILES string of the molecule is CCCCC\C=C/C=C\C=C/C=C\CCCCCCCC(=O)OC(COC(=O)CCC/C=C\C/C=C\C/C=C\C/C=C\CCCCC)COC(=O)CCCCCCCCCCCCCCCCCCCCC. The molecule has 1 atom stereocenters. The number of unbranched alkanes of at least 4 members (excludes halogenated alkanes) is 30. The molecule has 0 N–H and O–H groups in total. The molecule has 0 aliphatic carbocycles. The maximum absolute atomic E-state index is 12.9. The fraction of sp³-hybridized carbons (Fsp3) is 0.712. The molecule has 0 radical (unpaired) electrons. The molecule has 6 nitrogen and oxygen atoms in total. The minimum atomic E-state index is -0.813. The summed E-state index contributed by atoms with van der Waals surface area (Å²) >= 11 is 0. The van der Waals surface area contributed by atoms with E-state index in [1.807, 2.05) is 0 Å². The Bertz CT molecular complexity index is 1430. The summed E-state index contributed by atoms with van der Waals surface area (Å²) in [6.07, 6.45) is 79.7. The van der Waals surface area contributed by atoms with Gasteiger partial charge >= 0.3 is 17.9 Å². The highest BCUT2D eigenvalue weighted by Crippen LogP contribution is 2.16. The third kappa shape index (κ3) is 57.2. The van der Waals surface area contributed by atoms with Gasteiger partial charge in [0.1, 0.15) is 13.2 Å². The van der Waals surface area contributed by atoms with E-state index in [-0.39, 0.29) is 37.5 Å². The van der Waals surface area contributed by atoms with Gasteiger partial charge in [-0.3, -0.25) is 14.4 Å². The first-order valence-corrected chi connectivity index (χ1v) is 30.3. The summed E-state index contributed by atoms with van der Waals surface area (Å²) in [5.41, 5.74) is 0. The fourth-order valence-electron chi connectivity index (χ4n) is 8.33. The van der Waals surface area contributed by atoms with Gasteiger partial charge in [-0.05, 0) is 83.5 Å². The summed E-state index contributed by atoms with van der Waals surface area (Å²) in [6.45, 7) is 6.53. The second kappa shape index (κ2) is 59.9. The molecular formula is C66H112O6. The van der Waals surface area contributed by atoms with E-state index in [0.717, 1.165) is 89.9 Å². The lowest BCUT2D eigenvalue weighted by Gasteiger charge is -2.18. The molecule has 412 valence electrons. The smallest absolute Gasteiger partial charge is 0.306 e. The predicted octanol–water partition coefficient (Wildman–Crippen LogP) is 20.5. The van der Waals surface area contributed by atoms with E-state index in [1.54, 1.807) is 0 Å². The third-order valence-corrected chi connectivity index (χ3v) is 12.9. The minimum Gasteiger partial charge on any atom is -0.462 e. The van der Waals surface area contributed by atoms with Gasteiger partial charge < -0.3 is 14.2 Å². The first kappa shape index (κ1) is 68.3. The minimum absolute atomic E-state index is 0.103. The van der Waals surface area contributed by atoms with Crippen LogP contribution in [0.15, 0.2) is 97.2 Å². The van der Waals surface area contributed by atoms with Crippen molar-refractivity contribution >= 4 is 17.9 Å². The third-order valence-electron chi connectivity index (χ3n) is 12.9. The van der Waals surface area contributed by atoms with E-state index >= 15 is 0 Å². The number of rotatable bonds is 54. The van der Waals surface area contributed by atoms with Gasteiger partial charge in [0.15, 0.2) is 6.10 Å². The number of carbonyl (C=O) groups is 3. The van der Waals surface area contributed by atoms with Crippen LogP contribution in [-0.2, 0) is 28.6 Å². The first-order valence-electron chi connectivity index (χ1n) is 30.3. The van der Waals surface area contributed by atoms with E-state index in [2.05, 4.69) is 118 Å². The quantitative estimate of drug-likeness (QED) is 0.0199. The summed E-state index contributed by atoms with van der Waals surface area (Å²) in [6, 6.07) is 0. The van der Waals surface area contributed by atoms with E-state index in [0.29, 0.717) is 19.3 Å². The summed E-state index contributed by atoms with van der Waals surface area (Å²) in [5, 5.41) is 0. The molecule has 0 fully saturated rings. The van der Waals surface area contributed by atoms with Gasteiger partial charge in [0.25, 0.3) is 0 Å². The van der Waals surface area contributed by atoms with E-state index < -0.39 is 6.10 Å². The predicted molar refractivity (Wildman–Crippen MR) is 311 cm³/mol. The van der Waals surface area contributed by atoms with Crippen LogP contribution in [0.25, 0.3) is 0 Å². The monoisotopic (exact) mass is 1000 g/mol. The second-order valence-corrected chi connectivity index (χ2v) is 20.0. The summed E-state index contributed by atoms with van der Waals surface area (Å²) in [4.78, 5) is 38.2. The molecule has 0 bridgehead atoms. The first-order chi connectivity index (χ1) is 35.5. The Hall–Kier alpha value is -3.67. The van der Waals surface area contributed by atoms with Crippen molar-refractivity contribution in [2.75, 3.05) is 13.2 Å². The molecule has 0 aromatic carbocycles. The van der Waals surface area contributed by atoms with Crippen molar-refractivity contribution in [2.45, 2.75) is 290 Å². The van der Waals surface area contributed by atoms with Gasteiger partial charge in [0.2, 0.25) is 0 Å². The Morgan fingerprint density at radius 2 is 0.569 bits per heavy atom. The second-order valence-electron chi connectivity index (χ2n) is 20.0. The van der Waals surface area contributed by atoms with Crippen LogP contribution >= 0.6 is 0 Å². The van der Waals surface area contributed by atoms with Crippen LogP contribution in [-0.4, -0.2) is 37.2 Å².